The van der Waals surface area contributed by atoms with E-state index >= 15 is 0 Å². The van der Waals surface area contributed by atoms with E-state index in [0.717, 1.165) is 24.9 Å². The Hall–Kier alpha value is -0.960. The van der Waals surface area contributed by atoms with E-state index in [4.69, 9.17) is 0 Å². The minimum atomic E-state index is -0.792. The molecule has 0 bridgehead atoms. The van der Waals surface area contributed by atoms with Crippen LogP contribution in [0.2, 0.25) is 0 Å². The first-order chi connectivity index (χ1) is 7.15. The number of nitrogens with one attached hydrogen (secondary N) is 1. The maximum absolute atomic E-state index is 12.9. The first-order valence-electron chi connectivity index (χ1n) is 5.33. The summed E-state index contributed by atoms with van der Waals surface area (Å²) < 4.78 is 25.6. The van der Waals surface area contributed by atoms with Crippen LogP contribution in [0.25, 0.3) is 0 Å². The third-order valence-corrected chi connectivity index (χ3v) is 2.42. The number of benzene rings is 1. The van der Waals surface area contributed by atoms with Gasteiger partial charge in [0, 0.05) is 6.04 Å². The molecule has 0 radical (unpaired) electrons. The molecule has 1 aromatic carbocycles. The standard InChI is InChI=1S/C12H17F2N/c1-3-4-7-15-9(2)10-5-6-11(13)12(14)8-10/h5-6,8-9,15H,3-4,7H2,1-2H3. The normalized spacial score (nSPS) is 12.8. The molecule has 84 valence electrons. The van der Waals surface area contributed by atoms with Crippen LogP contribution in [0.1, 0.15) is 38.3 Å². The van der Waals surface area contributed by atoms with Crippen LogP contribution in [0.4, 0.5) is 8.78 Å². The summed E-state index contributed by atoms with van der Waals surface area (Å²) in [5.41, 5.74) is 0.782. The van der Waals surface area contributed by atoms with Gasteiger partial charge in [-0.3, -0.25) is 0 Å². The van der Waals surface area contributed by atoms with Crippen molar-refractivity contribution in [3.05, 3.63) is 35.4 Å². The van der Waals surface area contributed by atoms with Crippen LogP contribution in [0.15, 0.2) is 18.2 Å². The summed E-state index contributed by atoms with van der Waals surface area (Å²) in [7, 11) is 0. The number of unbranched alkanes of at least 4 members (excludes halogenated alkanes) is 1. The largest absolute Gasteiger partial charge is 0.310 e. The zero-order valence-electron chi connectivity index (χ0n) is 9.19. The van der Waals surface area contributed by atoms with Gasteiger partial charge in [0.05, 0.1) is 0 Å². The minimum Gasteiger partial charge on any atom is -0.310 e. The van der Waals surface area contributed by atoms with Crippen LogP contribution >= 0.6 is 0 Å². The van der Waals surface area contributed by atoms with E-state index in [1.165, 1.54) is 12.1 Å². The third kappa shape index (κ3) is 3.59. The predicted molar refractivity (Wildman–Crippen MR) is 57.7 cm³/mol. The highest BCUT2D eigenvalue weighted by Gasteiger charge is 2.07. The first-order valence-corrected chi connectivity index (χ1v) is 5.33. The highest BCUT2D eigenvalue weighted by Crippen LogP contribution is 2.15. The molecule has 0 aromatic heterocycles. The summed E-state index contributed by atoms with van der Waals surface area (Å²) in [4.78, 5) is 0. The van der Waals surface area contributed by atoms with Crippen LogP contribution in [0.3, 0.4) is 0 Å². The lowest BCUT2D eigenvalue weighted by molar-refractivity contribution is 0.499. The van der Waals surface area contributed by atoms with Crippen LogP contribution in [-0.4, -0.2) is 6.54 Å². The molecule has 1 rings (SSSR count). The summed E-state index contributed by atoms with van der Waals surface area (Å²) in [6.07, 6.45) is 2.21. The molecule has 0 amide bonds. The van der Waals surface area contributed by atoms with Crippen molar-refractivity contribution in [2.45, 2.75) is 32.7 Å². The second-order valence-electron chi connectivity index (χ2n) is 3.70. The maximum Gasteiger partial charge on any atom is 0.159 e. The minimum absolute atomic E-state index is 0.0617. The lowest BCUT2D eigenvalue weighted by atomic mass is 10.1. The zero-order chi connectivity index (χ0) is 11.3. The Morgan fingerprint density at radius 2 is 2.00 bits per heavy atom. The number of halogens is 2. The summed E-state index contributed by atoms with van der Waals surface area (Å²) in [5.74, 6) is -1.57. The molecule has 1 N–H and O–H groups in total. The SMILES string of the molecule is CCCCNC(C)c1ccc(F)c(F)c1. The summed E-state index contributed by atoms with van der Waals surface area (Å²) in [6.45, 7) is 4.96. The van der Waals surface area contributed by atoms with Crippen molar-refractivity contribution < 1.29 is 8.78 Å². The quantitative estimate of drug-likeness (QED) is 0.739. The highest BCUT2D eigenvalue weighted by atomic mass is 19.2. The van der Waals surface area contributed by atoms with Gasteiger partial charge in [-0.1, -0.05) is 19.4 Å². The topological polar surface area (TPSA) is 12.0 Å². The molecule has 0 saturated carbocycles. The fraction of sp³-hybridized carbons (Fsp3) is 0.500. The van der Waals surface area contributed by atoms with Gasteiger partial charge in [-0.25, -0.2) is 8.78 Å². The Bertz CT molecular complexity index is 312. The molecule has 15 heavy (non-hydrogen) atoms. The smallest absolute Gasteiger partial charge is 0.159 e. The zero-order valence-corrected chi connectivity index (χ0v) is 9.19. The Morgan fingerprint density at radius 1 is 1.27 bits per heavy atom. The van der Waals surface area contributed by atoms with Crippen molar-refractivity contribution in [2.75, 3.05) is 6.54 Å². The van der Waals surface area contributed by atoms with Gasteiger partial charge in [-0.2, -0.15) is 0 Å². The predicted octanol–water partition coefficient (Wildman–Crippen LogP) is 3.42. The number of hydrogen-bond donors (Lipinski definition) is 1. The summed E-state index contributed by atoms with van der Waals surface area (Å²) in [6, 6.07) is 4.09. The van der Waals surface area contributed by atoms with Gasteiger partial charge in [0.1, 0.15) is 0 Å². The second-order valence-corrected chi connectivity index (χ2v) is 3.70. The maximum atomic E-state index is 12.9. The molecular weight excluding hydrogens is 196 g/mol. The molecule has 0 spiro atoms. The van der Waals surface area contributed by atoms with Crippen molar-refractivity contribution in [3.8, 4) is 0 Å². The molecular formula is C12H17F2N. The van der Waals surface area contributed by atoms with Crippen LogP contribution in [-0.2, 0) is 0 Å². The van der Waals surface area contributed by atoms with E-state index in [1.54, 1.807) is 6.07 Å². The molecule has 0 saturated heterocycles. The highest BCUT2D eigenvalue weighted by molar-refractivity contribution is 5.20. The van der Waals surface area contributed by atoms with Gasteiger partial charge in [0.15, 0.2) is 11.6 Å². The second kappa shape index (κ2) is 5.81. The Labute approximate surface area is 89.5 Å². The summed E-state index contributed by atoms with van der Waals surface area (Å²) in [5, 5.41) is 3.26. The summed E-state index contributed by atoms with van der Waals surface area (Å²) >= 11 is 0. The van der Waals surface area contributed by atoms with Gasteiger partial charge in [-0.15, -0.1) is 0 Å². The van der Waals surface area contributed by atoms with E-state index in [-0.39, 0.29) is 6.04 Å². The van der Waals surface area contributed by atoms with E-state index in [0.29, 0.717) is 0 Å². The Kier molecular flexibility index (Phi) is 4.69. The average Bonchev–Trinajstić information content (AvgIpc) is 2.22. The molecule has 1 atom stereocenters. The number of hydrogen-bond acceptors (Lipinski definition) is 1. The lowest BCUT2D eigenvalue weighted by Crippen LogP contribution is -2.19. The fourth-order valence-electron chi connectivity index (χ4n) is 1.39. The van der Waals surface area contributed by atoms with Crippen molar-refractivity contribution >= 4 is 0 Å². The molecule has 1 nitrogen and oxygen atoms in total. The monoisotopic (exact) mass is 213 g/mol. The lowest BCUT2D eigenvalue weighted by Gasteiger charge is -2.13. The third-order valence-electron chi connectivity index (χ3n) is 2.42. The van der Waals surface area contributed by atoms with Crippen molar-refractivity contribution in [1.29, 1.82) is 0 Å². The van der Waals surface area contributed by atoms with Crippen LogP contribution in [0, 0.1) is 11.6 Å². The molecule has 0 aliphatic carbocycles. The van der Waals surface area contributed by atoms with Gasteiger partial charge in [0.2, 0.25) is 0 Å². The molecule has 1 unspecified atom stereocenters. The van der Waals surface area contributed by atoms with Gasteiger partial charge in [-0.05, 0) is 37.6 Å². The fourth-order valence-corrected chi connectivity index (χ4v) is 1.39. The Balaban J connectivity index is 2.57. The van der Waals surface area contributed by atoms with E-state index in [9.17, 15) is 8.78 Å². The van der Waals surface area contributed by atoms with Gasteiger partial charge in [0.25, 0.3) is 0 Å². The molecule has 0 fully saturated rings. The van der Waals surface area contributed by atoms with Crippen LogP contribution in [0.5, 0.6) is 0 Å². The molecule has 0 aliphatic heterocycles. The van der Waals surface area contributed by atoms with Gasteiger partial charge >= 0.3 is 0 Å². The van der Waals surface area contributed by atoms with E-state index in [2.05, 4.69) is 12.2 Å². The first kappa shape index (κ1) is 12.1. The molecule has 1 aromatic rings. The van der Waals surface area contributed by atoms with Crippen molar-refractivity contribution in [3.63, 3.8) is 0 Å². The van der Waals surface area contributed by atoms with Crippen molar-refractivity contribution in [2.24, 2.45) is 0 Å². The van der Waals surface area contributed by atoms with Crippen LogP contribution < -0.4 is 5.32 Å². The average molecular weight is 213 g/mol. The van der Waals surface area contributed by atoms with Gasteiger partial charge < -0.3 is 5.32 Å². The van der Waals surface area contributed by atoms with E-state index < -0.39 is 11.6 Å². The molecule has 0 aliphatic rings. The number of rotatable bonds is 5. The van der Waals surface area contributed by atoms with Crippen molar-refractivity contribution in [1.82, 2.24) is 5.32 Å². The molecule has 3 heteroatoms. The molecule has 0 heterocycles. The van der Waals surface area contributed by atoms with E-state index in [1.807, 2.05) is 6.92 Å². The Morgan fingerprint density at radius 3 is 2.60 bits per heavy atom.